The van der Waals surface area contributed by atoms with Crippen molar-refractivity contribution in [1.29, 1.82) is 0 Å². The lowest BCUT2D eigenvalue weighted by atomic mass is 10.00. The second-order valence-corrected chi connectivity index (χ2v) is 12.1. The predicted octanol–water partition coefficient (Wildman–Crippen LogP) is 5.16. The van der Waals surface area contributed by atoms with Crippen molar-refractivity contribution in [2.75, 3.05) is 26.2 Å². The molecule has 2 aliphatic rings. The Balaban J connectivity index is 1.15. The van der Waals surface area contributed by atoms with Gasteiger partial charge >= 0.3 is 0 Å². The van der Waals surface area contributed by atoms with Gasteiger partial charge in [-0.1, -0.05) is 47.2 Å². The van der Waals surface area contributed by atoms with E-state index < -0.39 is 10.0 Å². The Bertz CT molecular complexity index is 1190. The molecule has 5 rings (SSSR count). The van der Waals surface area contributed by atoms with Crippen molar-refractivity contribution in [1.82, 2.24) is 14.2 Å². The lowest BCUT2D eigenvalue weighted by molar-refractivity contribution is 0.0584. The van der Waals surface area contributed by atoms with E-state index in [4.69, 9.17) is 16.3 Å². The first-order chi connectivity index (χ1) is 16.5. The molecule has 0 aliphatic carbocycles. The van der Waals surface area contributed by atoms with Crippen LogP contribution in [-0.2, 0) is 10.0 Å². The molecular formula is C25H28ClN3O3S2. The largest absolute Gasteiger partial charge is 0.467 e. The zero-order chi connectivity index (χ0) is 23.5. The number of thiazole rings is 1. The van der Waals surface area contributed by atoms with E-state index >= 15 is 0 Å². The Labute approximate surface area is 210 Å². The van der Waals surface area contributed by atoms with E-state index in [1.165, 1.54) is 11.3 Å². The molecule has 0 amide bonds. The molecule has 34 heavy (non-hydrogen) atoms. The molecule has 0 unspecified atom stereocenters. The van der Waals surface area contributed by atoms with Crippen LogP contribution in [0.3, 0.4) is 0 Å². The second kappa shape index (κ2) is 10.3. The Morgan fingerprint density at radius 3 is 2.32 bits per heavy atom. The Kier molecular flexibility index (Phi) is 7.22. The zero-order valence-corrected chi connectivity index (χ0v) is 21.2. The van der Waals surface area contributed by atoms with Crippen molar-refractivity contribution in [2.45, 2.75) is 42.7 Å². The smallest absolute Gasteiger partial charge is 0.273 e. The molecule has 0 N–H and O–H groups in total. The maximum Gasteiger partial charge on any atom is 0.273 e. The van der Waals surface area contributed by atoms with Gasteiger partial charge in [0.05, 0.1) is 4.90 Å². The van der Waals surface area contributed by atoms with Crippen molar-refractivity contribution in [3.8, 4) is 16.3 Å². The van der Waals surface area contributed by atoms with Crippen molar-refractivity contribution in [2.24, 2.45) is 0 Å². The first kappa shape index (κ1) is 23.8. The Morgan fingerprint density at radius 2 is 1.68 bits per heavy atom. The highest BCUT2D eigenvalue weighted by atomic mass is 35.5. The van der Waals surface area contributed by atoms with Crippen LogP contribution in [-0.4, -0.2) is 60.9 Å². The number of piperidine rings is 2. The van der Waals surface area contributed by atoms with Gasteiger partial charge in [-0.15, -0.1) is 0 Å². The monoisotopic (exact) mass is 517 g/mol. The van der Waals surface area contributed by atoms with Gasteiger partial charge in [0.15, 0.2) is 0 Å². The van der Waals surface area contributed by atoms with Gasteiger partial charge in [0.1, 0.15) is 6.10 Å². The number of hydrogen-bond acceptors (Lipinski definition) is 6. The fourth-order valence-corrected chi connectivity index (χ4v) is 7.07. The number of sulfonamides is 1. The third-order valence-corrected chi connectivity index (χ3v) is 9.55. The molecule has 6 nitrogen and oxygen atoms in total. The molecule has 2 fully saturated rings. The average Bonchev–Trinajstić information content (AvgIpc) is 3.38. The summed E-state index contributed by atoms with van der Waals surface area (Å²) in [4.78, 5) is 7.06. The number of benzene rings is 2. The van der Waals surface area contributed by atoms with Gasteiger partial charge in [0.25, 0.3) is 5.19 Å². The summed E-state index contributed by atoms with van der Waals surface area (Å²) < 4.78 is 34.1. The lowest BCUT2D eigenvalue weighted by Crippen LogP contribution is -2.50. The molecule has 2 saturated heterocycles. The molecule has 2 aliphatic heterocycles. The number of nitrogens with zero attached hydrogens (tertiary/aromatic N) is 3. The summed E-state index contributed by atoms with van der Waals surface area (Å²) in [6, 6.07) is 15.1. The van der Waals surface area contributed by atoms with E-state index in [-0.39, 0.29) is 6.10 Å². The van der Waals surface area contributed by atoms with Crippen molar-refractivity contribution < 1.29 is 13.2 Å². The minimum atomic E-state index is -3.50. The first-order valence-electron chi connectivity index (χ1n) is 11.7. The highest BCUT2D eigenvalue weighted by molar-refractivity contribution is 7.89. The maximum absolute atomic E-state index is 13.2. The number of rotatable bonds is 6. The SMILES string of the molecule is O=S(=O)(c1ccc(-c2cccc(Cl)c2)cc1)N1CCC(N2CCC(Oc3nccs3)CC2)CC1. The van der Waals surface area contributed by atoms with Crippen LogP contribution in [0.25, 0.3) is 11.1 Å². The highest BCUT2D eigenvalue weighted by Crippen LogP contribution is 2.29. The maximum atomic E-state index is 13.2. The van der Waals surface area contributed by atoms with Crippen molar-refractivity contribution in [3.05, 3.63) is 65.1 Å². The fraction of sp³-hybridized carbons (Fsp3) is 0.400. The van der Waals surface area contributed by atoms with E-state index in [9.17, 15) is 8.42 Å². The molecule has 0 bridgehead atoms. The van der Waals surface area contributed by atoms with Gasteiger partial charge in [0.2, 0.25) is 10.0 Å². The van der Waals surface area contributed by atoms with Crippen LogP contribution < -0.4 is 4.74 Å². The van der Waals surface area contributed by atoms with Crippen LogP contribution in [0.15, 0.2) is 65.0 Å². The molecular weight excluding hydrogens is 490 g/mol. The van der Waals surface area contributed by atoms with Crippen molar-refractivity contribution in [3.63, 3.8) is 0 Å². The molecule has 1 aromatic heterocycles. The van der Waals surface area contributed by atoms with Crippen molar-refractivity contribution >= 4 is 33.0 Å². The molecule has 2 aromatic carbocycles. The van der Waals surface area contributed by atoms with E-state index in [1.54, 1.807) is 22.6 Å². The molecule has 0 atom stereocenters. The lowest BCUT2D eigenvalue weighted by Gasteiger charge is -2.41. The number of ether oxygens (including phenoxy) is 1. The van der Waals surface area contributed by atoms with Crippen LogP contribution in [0.1, 0.15) is 25.7 Å². The topological polar surface area (TPSA) is 62.7 Å². The fourth-order valence-electron chi connectivity index (χ4n) is 4.85. The summed E-state index contributed by atoms with van der Waals surface area (Å²) >= 11 is 7.62. The Hall–Kier alpha value is -1.97. The quantitative estimate of drug-likeness (QED) is 0.452. The summed E-state index contributed by atoms with van der Waals surface area (Å²) in [5.41, 5.74) is 1.92. The van der Waals surface area contributed by atoms with E-state index in [0.717, 1.165) is 55.1 Å². The second-order valence-electron chi connectivity index (χ2n) is 8.82. The summed E-state index contributed by atoms with van der Waals surface area (Å²) in [5, 5.41) is 3.34. The predicted molar refractivity (Wildman–Crippen MR) is 136 cm³/mol. The van der Waals surface area contributed by atoms with Gasteiger partial charge in [-0.2, -0.15) is 4.31 Å². The summed E-state index contributed by atoms with van der Waals surface area (Å²) in [7, 11) is -3.50. The molecule has 0 radical (unpaired) electrons. The molecule has 0 spiro atoms. The normalized spacial score (nSPS) is 19.3. The number of hydrogen-bond donors (Lipinski definition) is 0. The van der Waals surface area contributed by atoms with Gasteiger partial charge in [-0.05, 0) is 61.1 Å². The van der Waals surface area contributed by atoms with Crippen LogP contribution in [0.4, 0.5) is 0 Å². The number of aromatic nitrogens is 1. The van der Waals surface area contributed by atoms with Gasteiger partial charge in [-0.3, -0.25) is 0 Å². The van der Waals surface area contributed by atoms with Crippen LogP contribution in [0.5, 0.6) is 5.19 Å². The van der Waals surface area contributed by atoms with Crippen LogP contribution >= 0.6 is 22.9 Å². The van der Waals surface area contributed by atoms with Gasteiger partial charge < -0.3 is 9.64 Å². The molecule has 3 heterocycles. The number of halogens is 1. The van der Waals surface area contributed by atoms with Gasteiger partial charge in [-0.25, -0.2) is 13.4 Å². The van der Waals surface area contributed by atoms with E-state index in [1.807, 2.05) is 41.8 Å². The minimum absolute atomic E-state index is 0.220. The summed E-state index contributed by atoms with van der Waals surface area (Å²) in [5.74, 6) is 0. The zero-order valence-electron chi connectivity index (χ0n) is 18.8. The molecule has 9 heteroatoms. The van der Waals surface area contributed by atoms with Crippen LogP contribution in [0.2, 0.25) is 5.02 Å². The highest BCUT2D eigenvalue weighted by Gasteiger charge is 2.33. The van der Waals surface area contributed by atoms with E-state index in [0.29, 0.717) is 29.0 Å². The first-order valence-corrected chi connectivity index (χ1v) is 14.4. The Morgan fingerprint density at radius 1 is 0.941 bits per heavy atom. The van der Waals surface area contributed by atoms with E-state index in [2.05, 4.69) is 9.88 Å². The van der Waals surface area contributed by atoms with Gasteiger partial charge in [0, 0.05) is 48.8 Å². The standard InChI is InChI=1S/C25H28ClN3O3S2/c26-21-3-1-2-20(18-21)19-4-6-24(7-5-19)34(30,31)29-15-8-22(9-16-29)28-13-10-23(11-14-28)32-25-27-12-17-33-25/h1-7,12,17-18,22-23H,8-11,13-16H2. The molecule has 180 valence electrons. The third-order valence-electron chi connectivity index (χ3n) is 6.74. The summed E-state index contributed by atoms with van der Waals surface area (Å²) in [6.45, 7) is 3.08. The summed E-state index contributed by atoms with van der Waals surface area (Å²) in [6.07, 6.45) is 5.67. The van der Waals surface area contributed by atoms with Crippen LogP contribution in [0, 0.1) is 0 Å². The number of likely N-dealkylation sites (tertiary alicyclic amines) is 1. The molecule has 3 aromatic rings. The minimum Gasteiger partial charge on any atom is -0.467 e. The molecule has 0 saturated carbocycles. The third kappa shape index (κ3) is 5.31. The average molecular weight is 518 g/mol.